The van der Waals surface area contributed by atoms with E-state index in [1.165, 1.54) is 12.1 Å². The summed E-state index contributed by atoms with van der Waals surface area (Å²) >= 11 is 15.3. The molecule has 0 aliphatic heterocycles. The second kappa shape index (κ2) is 6.21. The molecule has 0 bridgehead atoms. The van der Waals surface area contributed by atoms with Gasteiger partial charge in [0.15, 0.2) is 5.78 Å². The Morgan fingerprint density at radius 2 is 1.75 bits per heavy atom. The maximum absolute atomic E-state index is 13.1. The number of fused-ring (bicyclic) bond motifs is 3. The molecule has 0 amide bonds. The summed E-state index contributed by atoms with van der Waals surface area (Å²) < 4.78 is 39.2. The number of hydrogen-bond donors (Lipinski definition) is 0. The largest absolute Gasteiger partial charge is 0.416 e. The van der Waals surface area contributed by atoms with Gasteiger partial charge < -0.3 is 0 Å². The molecule has 0 saturated carbocycles. The molecule has 0 aromatic heterocycles. The molecule has 1 nitrogen and oxygen atoms in total. The van der Waals surface area contributed by atoms with Gasteiger partial charge in [0.1, 0.15) is 0 Å². The standard InChI is InChI=1S/C17H8BrCl2F3O/c18-7-15(24)12-4-8-3-10(19)6-14(20)16(8)13-5-9(17(21,22)23)1-2-11(12)13/h1-6H,7H2. The summed E-state index contributed by atoms with van der Waals surface area (Å²) in [5, 5.41) is 2.29. The van der Waals surface area contributed by atoms with Gasteiger partial charge >= 0.3 is 6.18 Å². The number of carbonyl (C=O) groups excluding carboxylic acids is 1. The summed E-state index contributed by atoms with van der Waals surface area (Å²) in [4.78, 5) is 12.2. The van der Waals surface area contributed by atoms with Crippen LogP contribution >= 0.6 is 39.1 Å². The first kappa shape index (κ1) is 17.5. The molecule has 0 aliphatic rings. The lowest BCUT2D eigenvalue weighted by molar-refractivity contribution is -0.137. The van der Waals surface area contributed by atoms with Crippen molar-refractivity contribution in [3.05, 3.63) is 57.6 Å². The van der Waals surface area contributed by atoms with E-state index in [1.54, 1.807) is 12.1 Å². The smallest absolute Gasteiger partial charge is 0.293 e. The zero-order valence-electron chi connectivity index (χ0n) is 11.8. The average molecular weight is 436 g/mol. The van der Waals surface area contributed by atoms with Crippen LogP contribution in [0.15, 0.2) is 36.4 Å². The van der Waals surface area contributed by atoms with Crippen LogP contribution in [0.5, 0.6) is 0 Å². The van der Waals surface area contributed by atoms with Crippen LogP contribution in [0.4, 0.5) is 13.2 Å². The van der Waals surface area contributed by atoms with Crippen LogP contribution in [0.3, 0.4) is 0 Å². The molecule has 0 spiro atoms. The van der Waals surface area contributed by atoms with Crippen LogP contribution in [0.2, 0.25) is 10.0 Å². The molecule has 0 unspecified atom stereocenters. The maximum atomic E-state index is 13.1. The number of benzene rings is 3. The Kier molecular flexibility index (Phi) is 4.53. The second-order valence-electron chi connectivity index (χ2n) is 5.22. The Morgan fingerprint density at radius 1 is 1.04 bits per heavy atom. The molecule has 24 heavy (non-hydrogen) atoms. The number of hydrogen-bond acceptors (Lipinski definition) is 1. The number of halogens is 6. The van der Waals surface area contributed by atoms with E-state index < -0.39 is 11.7 Å². The Hall–Kier alpha value is -1.30. The van der Waals surface area contributed by atoms with E-state index in [-0.39, 0.29) is 21.5 Å². The summed E-state index contributed by atoms with van der Waals surface area (Å²) in [7, 11) is 0. The van der Waals surface area contributed by atoms with Crippen molar-refractivity contribution in [1.29, 1.82) is 0 Å². The summed E-state index contributed by atoms with van der Waals surface area (Å²) in [5.41, 5.74) is -0.479. The van der Waals surface area contributed by atoms with Gasteiger partial charge in [-0.05, 0) is 46.5 Å². The number of Topliss-reactive ketones (excluding diaryl/α,β-unsaturated/α-hetero) is 1. The van der Waals surface area contributed by atoms with Gasteiger partial charge in [0, 0.05) is 16.0 Å². The normalized spacial score (nSPS) is 12.1. The molecule has 3 rings (SSSR count). The first-order valence-electron chi connectivity index (χ1n) is 6.74. The molecule has 0 aliphatic carbocycles. The Morgan fingerprint density at radius 3 is 2.38 bits per heavy atom. The maximum Gasteiger partial charge on any atom is 0.416 e. The van der Waals surface area contributed by atoms with Crippen molar-refractivity contribution in [2.75, 3.05) is 5.33 Å². The zero-order chi connectivity index (χ0) is 17.6. The van der Waals surface area contributed by atoms with Crippen molar-refractivity contribution < 1.29 is 18.0 Å². The summed E-state index contributed by atoms with van der Waals surface area (Å²) in [6.45, 7) is 0. The molecule has 0 N–H and O–H groups in total. The van der Waals surface area contributed by atoms with Crippen molar-refractivity contribution >= 4 is 66.5 Å². The fraction of sp³-hybridized carbons (Fsp3) is 0.118. The lowest BCUT2D eigenvalue weighted by Gasteiger charge is -2.14. The van der Waals surface area contributed by atoms with Gasteiger partial charge in [0.05, 0.1) is 15.9 Å². The van der Waals surface area contributed by atoms with E-state index in [4.69, 9.17) is 23.2 Å². The van der Waals surface area contributed by atoms with Crippen LogP contribution in [0.1, 0.15) is 15.9 Å². The lowest BCUT2D eigenvalue weighted by atomic mass is 9.94. The third kappa shape index (κ3) is 3.01. The molecule has 0 atom stereocenters. The SMILES string of the molecule is O=C(CBr)c1cc2cc(Cl)cc(Cl)c2c2cc(C(F)(F)F)ccc12. The van der Waals surface area contributed by atoms with E-state index >= 15 is 0 Å². The highest BCUT2D eigenvalue weighted by Crippen LogP contribution is 2.39. The monoisotopic (exact) mass is 434 g/mol. The van der Waals surface area contributed by atoms with Crippen LogP contribution in [0, 0.1) is 0 Å². The highest BCUT2D eigenvalue weighted by Gasteiger charge is 2.31. The van der Waals surface area contributed by atoms with Crippen molar-refractivity contribution in [3.63, 3.8) is 0 Å². The number of alkyl halides is 4. The van der Waals surface area contributed by atoms with Crippen molar-refractivity contribution in [1.82, 2.24) is 0 Å². The Balaban J connectivity index is 2.52. The minimum atomic E-state index is -4.49. The van der Waals surface area contributed by atoms with Gasteiger partial charge in [-0.3, -0.25) is 4.79 Å². The van der Waals surface area contributed by atoms with E-state index in [1.807, 2.05) is 0 Å². The number of carbonyl (C=O) groups is 1. The van der Waals surface area contributed by atoms with Gasteiger partial charge in [-0.1, -0.05) is 45.2 Å². The summed E-state index contributed by atoms with van der Waals surface area (Å²) in [6, 6.07) is 7.93. The molecule has 0 fully saturated rings. The number of ketones is 1. The fourth-order valence-corrected chi connectivity index (χ4v) is 3.60. The molecule has 124 valence electrons. The predicted molar refractivity (Wildman–Crippen MR) is 94.6 cm³/mol. The summed E-state index contributed by atoms with van der Waals surface area (Å²) in [6.07, 6.45) is -4.49. The van der Waals surface area contributed by atoms with Gasteiger partial charge in [-0.2, -0.15) is 13.2 Å². The van der Waals surface area contributed by atoms with E-state index in [0.29, 0.717) is 26.7 Å². The van der Waals surface area contributed by atoms with Crippen LogP contribution in [0.25, 0.3) is 21.5 Å². The molecule has 0 heterocycles. The lowest BCUT2D eigenvalue weighted by Crippen LogP contribution is -2.06. The van der Waals surface area contributed by atoms with Crippen molar-refractivity contribution in [2.45, 2.75) is 6.18 Å². The quantitative estimate of drug-likeness (QED) is 0.243. The fourth-order valence-electron chi connectivity index (χ4n) is 2.69. The Bertz CT molecular complexity index is 983. The second-order valence-corrected chi connectivity index (χ2v) is 6.63. The van der Waals surface area contributed by atoms with Crippen molar-refractivity contribution in [2.24, 2.45) is 0 Å². The first-order chi connectivity index (χ1) is 11.2. The third-order valence-electron chi connectivity index (χ3n) is 3.71. The minimum absolute atomic E-state index is 0.0585. The minimum Gasteiger partial charge on any atom is -0.293 e. The highest BCUT2D eigenvalue weighted by atomic mass is 79.9. The van der Waals surface area contributed by atoms with E-state index in [2.05, 4.69) is 15.9 Å². The summed E-state index contributed by atoms with van der Waals surface area (Å²) in [5.74, 6) is -0.238. The third-order valence-corrected chi connectivity index (χ3v) is 4.74. The topological polar surface area (TPSA) is 17.1 Å². The molecular formula is C17H8BrCl2F3O. The average Bonchev–Trinajstić information content (AvgIpc) is 2.51. The Labute approximate surface area is 153 Å². The molecule has 0 radical (unpaired) electrons. The zero-order valence-corrected chi connectivity index (χ0v) is 14.9. The van der Waals surface area contributed by atoms with Crippen LogP contribution < -0.4 is 0 Å². The molecule has 7 heteroatoms. The molecule has 0 saturated heterocycles. The highest BCUT2D eigenvalue weighted by molar-refractivity contribution is 9.09. The first-order valence-corrected chi connectivity index (χ1v) is 8.62. The molecule has 3 aromatic carbocycles. The van der Waals surface area contributed by atoms with Gasteiger partial charge in [-0.25, -0.2) is 0 Å². The van der Waals surface area contributed by atoms with Gasteiger partial charge in [0.25, 0.3) is 0 Å². The van der Waals surface area contributed by atoms with E-state index in [9.17, 15) is 18.0 Å². The van der Waals surface area contributed by atoms with Crippen molar-refractivity contribution in [3.8, 4) is 0 Å². The van der Waals surface area contributed by atoms with Crippen LogP contribution in [-0.4, -0.2) is 11.1 Å². The number of rotatable bonds is 2. The van der Waals surface area contributed by atoms with E-state index in [0.717, 1.165) is 12.1 Å². The predicted octanol–water partition coefficient (Wildman–Crippen LogP) is 6.90. The van der Waals surface area contributed by atoms with Gasteiger partial charge in [0.2, 0.25) is 0 Å². The molecule has 3 aromatic rings. The molecular weight excluding hydrogens is 428 g/mol. The van der Waals surface area contributed by atoms with Crippen LogP contribution in [-0.2, 0) is 6.18 Å². The van der Waals surface area contributed by atoms with Gasteiger partial charge in [-0.15, -0.1) is 0 Å².